The standard InChI is InChI=1S/C17H15NO3/c1-20-12-7-11(8-13(10-12)21-2)9-15-14-5-3-4-6-16(14)18-17(15)19/h3-10H,1-2H3,(H,18,19). The van der Waals surface area contributed by atoms with E-state index in [2.05, 4.69) is 5.32 Å². The summed E-state index contributed by atoms with van der Waals surface area (Å²) >= 11 is 0. The summed E-state index contributed by atoms with van der Waals surface area (Å²) in [5, 5.41) is 2.86. The second-order valence-electron chi connectivity index (χ2n) is 4.70. The van der Waals surface area contributed by atoms with Crippen LogP contribution in [0.3, 0.4) is 0 Å². The van der Waals surface area contributed by atoms with E-state index in [4.69, 9.17) is 9.47 Å². The Morgan fingerprint density at radius 1 is 1.00 bits per heavy atom. The van der Waals surface area contributed by atoms with Crippen LogP contribution in [0.4, 0.5) is 5.69 Å². The van der Waals surface area contributed by atoms with Crippen LogP contribution >= 0.6 is 0 Å². The lowest BCUT2D eigenvalue weighted by Crippen LogP contribution is -2.03. The first-order valence-electron chi connectivity index (χ1n) is 6.57. The van der Waals surface area contributed by atoms with E-state index in [0.717, 1.165) is 16.8 Å². The molecular formula is C17H15NO3. The molecule has 3 rings (SSSR count). The molecule has 0 saturated heterocycles. The fraction of sp³-hybridized carbons (Fsp3) is 0.118. The van der Waals surface area contributed by atoms with Crippen molar-refractivity contribution in [1.29, 1.82) is 0 Å². The van der Waals surface area contributed by atoms with Gasteiger partial charge in [0.1, 0.15) is 11.5 Å². The first-order chi connectivity index (χ1) is 10.2. The summed E-state index contributed by atoms with van der Waals surface area (Å²) < 4.78 is 10.5. The lowest BCUT2D eigenvalue weighted by molar-refractivity contribution is -0.110. The van der Waals surface area contributed by atoms with Crippen molar-refractivity contribution in [3.63, 3.8) is 0 Å². The normalized spacial score (nSPS) is 14.8. The van der Waals surface area contributed by atoms with E-state index in [9.17, 15) is 4.79 Å². The molecule has 0 aliphatic carbocycles. The lowest BCUT2D eigenvalue weighted by Gasteiger charge is -2.06. The van der Waals surface area contributed by atoms with Crippen molar-refractivity contribution in [3.8, 4) is 11.5 Å². The molecular weight excluding hydrogens is 266 g/mol. The van der Waals surface area contributed by atoms with Crippen LogP contribution in [0.1, 0.15) is 11.1 Å². The van der Waals surface area contributed by atoms with E-state index in [1.807, 2.05) is 42.5 Å². The predicted molar refractivity (Wildman–Crippen MR) is 82.5 cm³/mol. The Kier molecular flexibility index (Phi) is 3.36. The number of rotatable bonds is 3. The van der Waals surface area contributed by atoms with Gasteiger partial charge in [0.05, 0.1) is 14.2 Å². The van der Waals surface area contributed by atoms with Gasteiger partial charge in [0, 0.05) is 22.9 Å². The highest BCUT2D eigenvalue weighted by Crippen LogP contribution is 2.33. The maximum absolute atomic E-state index is 12.1. The van der Waals surface area contributed by atoms with Crippen LogP contribution in [-0.2, 0) is 4.79 Å². The summed E-state index contributed by atoms with van der Waals surface area (Å²) in [5.74, 6) is 1.28. The van der Waals surface area contributed by atoms with Crippen LogP contribution in [0.5, 0.6) is 11.5 Å². The molecule has 0 fully saturated rings. The zero-order valence-corrected chi connectivity index (χ0v) is 11.8. The summed E-state index contributed by atoms with van der Waals surface area (Å²) in [6, 6.07) is 13.2. The Bertz CT molecular complexity index is 712. The molecule has 106 valence electrons. The zero-order valence-electron chi connectivity index (χ0n) is 11.8. The molecule has 0 radical (unpaired) electrons. The summed E-state index contributed by atoms with van der Waals surface area (Å²) in [5.41, 5.74) is 3.24. The van der Waals surface area contributed by atoms with Crippen molar-refractivity contribution >= 4 is 23.2 Å². The second kappa shape index (κ2) is 5.32. The maximum Gasteiger partial charge on any atom is 0.256 e. The Balaban J connectivity index is 2.08. The molecule has 4 nitrogen and oxygen atoms in total. The van der Waals surface area contributed by atoms with Crippen molar-refractivity contribution in [1.82, 2.24) is 0 Å². The van der Waals surface area contributed by atoms with Crippen LogP contribution in [0.15, 0.2) is 42.5 Å². The van der Waals surface area contributed by atoms with Crippen LogP contribution in [0, 0.1) is 0 Å². The van der Waals surface area contributed by atoms with Gasteiger partial charge in [-0.2, -0.15) is 0 Å². The van der Waals surface area contributed by atoms with Crippen molar-refractivity contribution in [2.75, 3.05) is 19.5 Å². The van der Waals surface area contributed by atoms with Gasteiger partial charge in [0.15, 0.2) is 0 Å². The second-order valence-corrected chi connectivity index (χ2v) is 4.70. The Morgan fingerprint density at radius 2 is 1.67 bits per heavy atom. The van der Waals surface area contributed by atoms with Gasteiger partial charge in [-0.25, -0.2) is 0 Å². The third-order valence-corrected chi connectivity index (χ3v) is 3.39. The van der Waals surface area contributed by atoms with Crippen molar-refractivity contribution < 1.29 is 14.3 Å². The highest BCUT2D eigenvalue weighted by molar-refractivity contribution is 6.34. The van der Waals surface area contributed by atoms with Gasteiger partial charge < -0.3 is 14.8 Å². The summed E-state index contributed by atoms with van der Waals surface area (Å²) in [4.78, 5) is 12.1. The highest BCUT2D eigenvalue weighted by atomic mass is 16.5. The molecule has 1 heterocycles. The van der Waals surface area contributed by atoms with Crippen molar-refractivity contribution in [2.45, 2.75) is 0 Å². The van der Waals surface area contributed by atoms with Gasteiger partial charge in [-0.1, -0.05) is 18.2 Å². The van der Waals surface area contributed by atoms with E-state index in [0.29, 0.717) is 17.1 Å². The number of methoxy groups -OCH3 is 2. The highest BCUT2D eigenvalue weighted by Gasteiger charge is 2.23. The minimum atomic E-state index is -0.0991. The van der Waals surface area contributed by atoms with Gasteiger partial charge in [0.25, 0.3) is 5.91 Å². The molecule has 0 aromatic heterocycles. The summed E-state index contributed by atoms with van der Waals surface area (Å²) in [6.45, 7) is 0. The average molecular weight is 281 g/mol. The number of ether oxygens (including phenoxy) is 2. The molecule has 4 heteroatoms. The SMILES string of the molecule is COc1cc(C=C2C(=O)Nc3ccccc32)cc(OC)c1. The Morgan fingerprint density at radius 3 is 2.33 bits per heavy atom. The smallest absolute Gasteiger partial charge is 0.256 e. The molecule has 0 spiro atoms. The van der Waals surface area contributed by atoms with E-state index >= 15 is 0 Å². The van der Waals surface area contributed by atoms with Crippen molar-refractivity contribution in [2.24, 2.45) is 0 Å². The number of carbonyl (C=O) groups excluding carboxylic acids is 1. The minimum Gasteiger partial charge on any atom is -0.497 e. The fourth-order valence-corrected chi connectivity index (χ4v) is 2.36. The van der Waals surface area contributed by atoms with Crippen LogP contribution in [-0.4, -0.2) is 20.1 Å². The molecule has 1 N–H and O–H groups in total. The van der Waals surface area contributed by atoms with Gasteiger partial charge in [-0.3, -0.25) is 4.79 Å². The number of hydrogen-bond acceptors (Lipinski definition) is 3. The Hall–Kier alpha value is -2.75. The molecule has 21 heavy (non-hydrogen) atoms. The van der Waals surface area contributed by atoms with Gasteiger partial charge in [-0.15, -0.1) is 0 Å². The number of benzene rings is 2. The number of fused-ring (bicyclic) bond motifs is 1. The number of nitrogens with one attached hydrogen (secondary N) is 1. The van der Waals surface area contributed by atoms with E-state index < -0.39 is 0 Å². The molecule has 1 aliphatic rings. The third kappa shape index (κ3) is 2.48. The van der Waals surface area contributed by atoms with Gasteiger partial charge in [-0.05, 0) is 29.8 Å². The number of amides is 1. The molecule has 1 amide bonds. The predicted octanol–water partition coefficient (Wildman–Crippen LogP) is 3.20. The van der Waals surface area contributed by atoms with E-state index in [1.165, 1.54) is 0 Å². The van der Waals surface area contributed by atoms with Crippen LogP contribution in [0.25, 0.3) is 11.6 Å². The number of hydrogen-bond donors (Lipinski definition) is 1. The average Bonchev–Trinajstić information content (AvgIpc) is 2.83. The molecule has 1 aliphatic heterocycles. The molecule has 0 saturated carbocycles. The minimum absolute atomic E-state index is 0.0991. The van der Waals surface area contributed by atoms with Crippen LogP contribution < -0.4 is 14.8 Å². The van der Waals surface area contributed by atoms with Crippen LogP contribution in [0.2, 0.25) is 0 Å². The van der Waals surface area contributed by atoms with E-state index in [-0.39, 0.29) is 5.91 Å². The van der Waals surface area contributed by atoms with E-state index in [1.54, 1.807) is 20.3 Å². The molecule has 2 aromatic rings. The molecule has 0 bridgehead atoms. The number of anilines is 1. The third-order valence-electron chi connectivity index (χ3n) is 3.39. The number of carbonyl (C=O) groups is 1. The lowest BCUT2D eigenvalue weighted by atomic mass is 10.0. The topological polar surface area (TPSA) is 47.6 Å². The monoisotopic (exact) mass is 281 g/mol. The molecule has 2 aromatic carbocycles. The zero-order chi connectivity index (χ0) is 14.8. The van der Waals surface area contributed by atoms with Gasteiger partial charge >= 0.3 is 0 Å². The maximum atomic E-state index is 12.1. The van der Waals surface area contributed by atoms with Gasteiger partial charge in [0.2, 0.25) is 0 Å². The largest absolute Gasteiger partial charge is 0.497 e. The molecule has 0 atom stereocenters. The number of para-hydroxylation sites is 1. The van der Waals surface area contributed by atoms with Crippen molar-refractivity contribution in [3.05, 3.63) is 53.6 Å². The summed E-state index contributed by atoms with van der Waals surface area (Å²) in [6.07, 6.45) is 1.84. The first-order valence-corrected chi connectivity index (χ1v) is 6.57. The summed E-state index contributed by atoms with van der Waals surface area (Å²) in [7, 11) is 3.20. The first kappa shape index (κ1) is 13.2. The molecule has 0 unspecified atom stereocenters. The quantitative estimate of drug-likeness (QED) is 0.879. The fourth-order valence-electron chi connectivity index (χ4n) is 2.36. The Labute approximate surface area is 123 Å².